The molecular formula is C14H18Cl2N2O3S. The van der Waals surface area contributed by atoms with E-state index in [2.05, 4.69) is 0 Å². The summed E-state index contributed by atoms with van der Waals surface area (Å²) in [5, 5.41) is 1.12. The molecule has 0 bridgehead atoms. The fraction of sp³-hybridized carbons (Fsp3) is 0.500. The minimum atomic E-state index is -3.17. The van der Waals surface area contributed by atoms with Gasteiger partial charge in [0.1, 0.15) is 0 Å². The SMILES string of the molecule is CS(=O)(=O)N1CCN(C(=O)CCc2ccc(Cl)cc2Cl)CC1. The number of carbonyl (C=O) groups is 1. The van der Waals surface area contributed by atoms with Gasteiger partial charge in [-0.15, -0.1) is 0 Å². The molecule has 0 radical (unpaired) electrons. The number of amides is 1. The third-order valence-electron chi connectivity index (χ3n) is 3.68. The van der Waals surface area contributed by atoms with Gasteiger partial charge in [-0.25, -0.2) is 8.42 Å². The molecule has 8 heteroatoms. The van der Waals surface area contributed by atoms with Gasteiger partial charge < -0.3 is 4.90 Å². The predicted octanol–water partition coefficient (Wildman–Crippen LogP) is 2.03. The molecule has 122 valence electrons. The van der Waals surface area contributed by atoms with Crippen LogP contribution in [-0.2, 0) is 21.2 Å². The molecule has 1 aliphatic heterocycles. The molecule has 0 saturated carbocycles. The van der Waals surface area contributed by atoms with E-state index in [-0.39, 0.29) is 5.91 Å². The Hall–Kier alpha value is -0.820. The van der Waals surface area contributed by atoms with Gasteiger partial charge in [0.25, 0.3) is 0 Å². The van der Waals surface area contributed by atoms with Crippen LogP contribution in [0.4, 0.5) is 0 Å². The van der Waals surface area contributed by atoms with Crippen LogP contribution >= 0.6 is 23.2 Å². The van der Waals surface area contributed by atoms with Crippen molar-refractivity contribution >= 4 is 39.1 Å². The lowest BCUT2D eigenvalue weighted by Gasteiger charge is -2.33. The van der Waals surface area contributed by atoms with Crippen molar-refractivity contribution in [1.29, 1.82) is 0 Å². The second-order valence-corrected chi connectivity index (χ2v) is 8.10. The zero-order chi connectivity index (χ0) is 16.3. The van der Waals surface area contributed by atoms with E-state index >= 15 is 0 Å². The number of rotatable bonds is 4. The number of sulfonamides is 1. The minimum absolute atomic E-state index is 0.0131. The lowest BCUT2D eigenvalue weighted by molar-refractivity contribution is -0.132. The molecule has 5 nitrogen and oxygen atoms in total. The van der Waals surface area contributed by atoms with E-state index in [4.69, 9.17) is 23.2 Å². The van der Waals surface area contributed by atoms with Crippen LogP contribution in [0.2, 0.25) is 10.0 Å². The second-order valence-electron chi connectivity index (χ2n) is 5.28. The Morgan fingerprint density at radius 3 is 2.36 bits per heavy atom. The standard InChI is InChI=1S/C14H18Cl2N2O3S/c1-22(20,21)18-8-6-17(7-9-18)14(19)5-3-11-2-4-12(15)10-13(11)16/h2,4,10H,3,5-9H2,1H3. The van der Waals surface area contributed by atoms with Crippen LogP contribution in [0.5, 0.6) is 0 Å². The summed E-state index contributed by atoms with van der Waals surface area (Å²) in [7, 11) is -3.17. The van der Waals surface area contributed by atoms with Crippen LogP contribution in [0.3, 0.4) is 0 Å². The number of hydrogen-bond donors (Lipinski definition) is 0. The van der Waals surface area contributed by atoms with Gasteiger partial charge >= 0.3 is 0 Å². The monoisotopic (exact) mass is 364 g/mol. The zero-order valence-electron chi connectivity index (χ0n) is 12.3. The highest BCUT2D eigenvalue weighted by molar-refractivity contribution is 7.88. The summed E-state index contributed by atoms with van der Waals surface area (Å²) in [4.78, 5) is 13.9. The Kier molecular flexibility index (Phi) is 5.71. The maximum Gasteiger partial charge on any atom is 0.222 e. The van der Waals surface area contributed by atoms with Crippen molar-refractivity contribution in [1.82, 2.24) is 9.21 Å². The molecule has 1 heterocycles. The summed E-state index contributed by atoms with van der Waals surface area (Å²) in [6.45, 7) is 1.57. The summed E-state index contributed by atoms with van der Waals surface area (Å²) in [6.07, 6.45) is 2.08. The average Bonchev–Trinajstić information content (AvgIpc) is 2.45. The van der Waals surface area contributed by atoms with E-state index in [9.17, 15) is 13.2 Å². The molecule has 0 aliphatic carbocycles. The van der Waals surface area contributed by atoms with Gasteiger partial charge in [0.2, 0.25) is 15.9 Å². The lowest BCUT2D eigenvalue weighted by atomic mass is 10.1. The third-order valence-corrected chi connectivity index (χ3v) is 5.57. The second kappa shape index (κ2) is 7.17. The van der Waals surface area contributed by atoms with Crippen molar-refractivity contribution in [3.8, 4) is 0 Å². The molecule has 0 atom stereocenters. The number of piperazine rings is 1. The Bertz CT molecular complexity index is 656. The molecule has 1 aromatic rings. The van der Waals surface area contributed by atoms with Gasteiger partial charge in [-0.3, -0.25) is 4.79 Å². The van der Waals surface area contributed by atoms with Gasteiger partial charge in [0.15, 0.2) is 0 Å². The Labute approximate surface area is 140 Å². The fourth-order valence-electron chi connectivity index (χ4n) is 2.39. The predicted molar refractivity (Wildman–Crippen MR) is 87.8 cm³/mol. The summed E-state index contributed by atoms with van der Waals surface area (Å²) in [5.74, 6) is 0.0131. The van der Waals surface area contributed by atoms with Crippen molar-refractivity contribution in [3.63, 3.8) is 0 Å². The summed E-state index contributed by atoms with van der Waals surface area (Å²) < 4.78 is 24.3. The normalized spacial score (nSPS) is 16.8. The molecule has 1 fully saturated rings. The lowest BCUT2D eigenvalue weighted by Crippen LogP contribution is -2.50. The molecule has 0 unspecified atom stereocenters. The van der Waals surface area contributed by atoms with Crippen LogP contribution in [0.1, 0.15) is 12.0 Å². The largest absolute Gasteiger partial charge is 0.340 e. The molecule has 22 heavy (non-hydrogen) atoms. The van der Waals surface area contributed by atoms with Crippen LogP contribution in [0.25, 0.3) is 0 Å². The minimum Gasteiger partial charge on any atom is -0.340 e. The Morgan fingerprint density at radius 1 is 1.18 bits per heavy atom. The molecule has 1 amide bonds. The van der Waals surface area contributed by atoms with Gasteiger partial charge in [0, 0.05) is 42.6 Å². The average molecular weight is 365 g/mol. The van der Waals surface area contributed by atoms with Crippen LogP contribution < -0.4 is 0 Å². The van der Waals surface area contributed by atoms with Crippen LogP contribution in [-0.4, -0.2) is 56.0 Å². The number of carbonyl (C=O) groups excluding carboxylic acids is 1. The molecule has 0 spiro atoms. The van der Waals surface area contributed by atoms with Crippen molar-refractivity contribution in [3.05, 3.63) is 33.8 Å². The first-order chi connectivity index (χ1) is 10.3. The molecule has 0 aromatic heterocycles. The third kappa shape index (κ3) is 4.59. The Morgan fingerprint density at radius 2 is 1.82 bits per heavy atom. The summed E-state index contributed by atoms with van der Waals surface area (Å²) in [6, 6.07) is 5.23. The van der Waals surface area contributed by atoms with E-state index < -0.39 is 10.0 Å². The number of nitrogens with zero attached hydrogens (tertiary/aromatic N) is 2. The number of halogens is 2. The van der Waals surface area contributed by atoms with E-state index in [0.29, 0.717) is 49.1 Å². The smallest absolute Gasteiger partial charge is 0.222 e. The maximum absolute atomic E-state index is 12.2. The van der Waals surface area contributed by atoms with Gasteiger partial charge in [-0.2, -0.15) is 4.31 Å². The van der Waals surface area contributed by atoms with Crippen LogP contribution in [0.15, 0.2) is 18.2 Å². The molecule has 1 saturated heterocycles. The molecule has 0 N–H and O–H groups in total. The molecular weight excluding hydrogens is 347 g/mol. The summed E-state index contributed by atoms with van der Waals surface area (Å²) >= 11 is 11.9. The first kappa shape index (κ1) is 17.5. The first-order valence-corrected chi connectivity index (χ1v) is 9.54. The summed E-state index contributed by atoms with van der Waals surface area (Å²) in [5.41, 5.74) is 0.884. The van der Waals surface area contributed by atoms with Crippen molar-refractivity contribution in [2.45, 2.75) is 12.8 Å². The van der Waals surface area contributed by atoms with E-state index in [1.54, 1.807) is 17.0 Å². The van der Waals surface area contributed by atoms with Gasteiger partial charge in [-0.05, 0) is 24.1 Å². The topological polar surface area (TPSA) is 57.7 Å². The van der Waals surface area contributed by atoms with Crippen molar-refractivity contribution in [2.24, 2.45) is 0 Å². The first-order valence-electron chi connectivity index (χ1n) is 6.94. The van der Waals surface area contributed by atoms with E-state index in [1.165, 1.54) is 10.6 Å². The number of hydrogen-bond acceptors (Lipinski definition) is 3. The van der Waals surface area contributed by atoms with Gasteiger partial charge in [-0.1, -0.05) is 29.3 Å². The zero-order valence-corrected chi connectivity index (χ0v) is 14.6. The molecule has 2 rings (SSSR count). The van der Waals surface area contributed by atoms with E-state index in [0.717, 1.165) is 5.56 Å². The quantitative estimate of drug-likeness (QED) is 0.821. The van der Waals surface area contributed by atoms with Crippen molar-refractivity contribution in [2.75, 3.05) is 32.4 Å². The highest BCUT2D eigenvalue weighted by Crippen LogP contribution is 2.22. The Balaban J connectivity index is 1.86. The maximum atomic E-state index is 12.2. The van der Waals surface area contributed by atoms with Crippen molar-refractivity contribution < 1.29 is 13.2 Å². The highest BCUT2D eigenvalue weighted by atomic mass is 35.5. The highest BCUT2D eigenvalue weighted by Gasteiger charge is 2.25. The van der Waals surface area contributed by atoms with E-state index in [1.807, 2.05) is 6.07 Å². The molecule has 1 aliphatic rings. The molecule has 1 aromatic carbocycles. The van der Waals surface area contributed by atoms with Crippen LogP contribution in [0, 0.1) is 0 Å². The van der Waals surface area contributed by atoms with Gasteiger partial charge in [0.05, 0.1) is 6.26 Å². The number of benzene rings is 1. The fourth-order valence-corrected chi connectivity index (χ4v) is 3.72. The number of aryl methyl sites for hydroxylation is 1.